The van der Waals surface area contributed by atoms with Gasteiger partial charge in [0.25, 0.3) is 0 Å². The fraction of sp³-hybridized carbons (Fsp3) is 1.00. The minimum Gasteiger partial charge on any atom is -0.312 e. The molecule has 2 atom stereocenters. The Morgan fingerprint density at radius 3 is 2.20 bits per heavy atom. The Labute approximate surface area is 122 Å². The Hall–Kier alpha value is -0.0551. The standard InChI is InChI=1S/C16H23BO3/c17-14-8-11-6-12(9-14)16(13(7-11)10-14)18-15(19-20-16)4-2-1-3-5-15/h11-13H,1-10H2. The van der Waals surface area contributed by atoms with Crippen molar-refractivity contribution in [3.63, 3.8) is 0 Å². The number of ether oxygens (including phenoxy) is 1. The third-order valence-corrected chi connectivity index (χ3v) is 6.66. The molecular weight excluding hydrogens is 251 g/mol. The molecule has 1 aliphatic heterocycles. The maximum atomic E-state index is 6.60. The first-order chi connectivity index (χ1) is 9.62. The average Bonchev–Trinajstić information content (AvgIpc) is 2.76. The molecule has 4 bridgehead atoms. The molecule has 1 heterocycles. The second-order valence-electron chi connectivity index (χ2n) is 8.17. The van der Waals surface area contributed by atoms with E-state index in [1.165, 1.54) is 38.5 Å². The molecule has 2 radical (unpaired) electrons. The van der Waals surface area contributed by atoms with Crippen molar-refractivity contribution in [3.05, 3.63) is 0 Å². The molecule has 3 nitrogen and oxygen atoms in total. The van der Waals surface area contributed by atoms with Gasteiger partial charge in [-0.15, -0.1) is 0 Å². The van der Waals surface area contributed by atoms with Crippen LogP contribution >= 0.6 is 0 Å². The van der Waals surface area contributed by atoms with Crippen LogP contribution in [0.4, 0.5) is 0 Å². The Bertz CT molecular complexity index is 415. The third kappa shape index (κ3) is 1.53. The second kappa shape index (κ2) is 3.82. The van der Waals surface area contributed by atoms with Gasteiger partial charge in [-0.3, -0.25) is 0 Å². The van der Waals surface area contributed by atoms with E-state index in [2.05, 4.69) is 0 Å². The molecule has 0 N–H and O–H groups in total. The maximum Gasteiger partial charge on any atom is 0.210 e. The zero-order valence-electron chi connectivity index (χ0n) is 12.1. The monoisotopic (exact) mass is 274 g/mol. The predicted octanol–water partition coefficient (Wildman–Crippen LogP) is 3.49. The van der Waals surface area contributed by atoms with Crippen LogP contribution in [-0.4, -0.2) is 19.4 Å². The maximum absolute atomic E-state index is 6.60. The van der Waals surface area contributed by atoms with Gasteiger partial charge in [-0.05, 0) is 44.4 Å². The summed E-state index contributed by atoms with van der Waals surface area (Å²) >= 11 is 0. The average molecular weight is 274 g/mol. The van der Waals surface area contributed by atoms with E-state index in [0.717, 1.165) is 31.6 Å². The topological polar surface area (TPSA) is 27.7 Å². The van der Waals surface area contributed by atoms with Gasteiger partial charge >= 0.3 is 0 Å². The van der Waals surface area contributed by atoms with E-state index >= 15 is 0 Å². The van der Waals surface area contributed by atoms with Crippen LogP contribution in [0.15, 0.2) is 0 Å². The first-order valence-electron chi connectivity index (χ1n) is 8.47. The Balaban J connectivity index is 1.47. The highest BCUT2D eigenvalue weighted by atomic mass is 17.3. The van der Waals surface area contributed by atoms with Gasteiger partial charge in [0, 0.05) is 24.7 Å². The molecule has 6 rings (SSSR count). The van der Waals surface area contributed by atoms with Crippen molar-refractivity contribution in [1.82, 2.24) is 0 Å². The van der Waals surface area contributed by atoms with Gasteiger partial charge in [-0.25, -0.2) is 0 Å². The van der Waals surface area contributed by atoms with Crippen molar-refractivity contribution in [2.45, 2.75) is 81.1 Å². The summed E-state index contributed by atoms with van der Waals surface area (Å²) < 4.78 is 6.60. The highest BCUT2D eigenvalue weighted by molar-refractivity contribution is 6.15. The Morgan fingerprint density at radius 2 is 1.55 bits per heavy atom. The zero-order valence-corrected chi connectivity index (χ0v) is 12.1. The molecule has 0 aromatic carbocycles. The molecule has 5 aliphatic carbocycles. The number of rotatable bonds is 0. The van der Waals surface area contributed by atoms with Gasteiger partial charge in [-0.2, -0.15) is 9.78 Å². The van der Waals surface area contributed by atoms with Gasteiger partial charge in [0.15, 0.2) is 0 Å². The summed E-state index contributed by atoms with van der Waals surface area (Å²) in [4.78, 5) is 11.8. The van der Waals surface area contributed by atoms with Crippen molar-refractivity contribution in [2.75, 3.05) is 0 Å². The van der Waals surface area contributed by atoms with Crippen molar-refractivity contribution in [3.8, 4) is 0 Å². The minimum atomic E-state index is -0.461. The minimum absolute atomic E-state index is 0.0524. The smallest absolute Gasteiger partial charge is 0.210 e. The fourth-order valence-electron chi connectivity index (χ4n) is 6.03. The largest absolute Gasteiger partial charge is 0.312 e. The molecule has 108 valence electrons. The predicted molar refractivity (Wildman–Crippen MR) is 73.8 cm³/mol. The normalized spacial score (nSPS) is 55.9. The van der Waals surface area contributed by atoms with Crippen LogP contribution in [0.3, 0.4) is 0 Å². The van der Waals surface area contributed by atoms with Crippen LogP contribution in [-0.2, 0) is 14.5 Å². The first kappa shape index (κ1) is 12.5. The molecule has 4 heteroatoms. The van der Waals surface area contributed by atoms with Crippen molar-refractivity contribution in [1.29, 1.82) is 0 Å². The highest BCUT2D eigenvalue weighted by Crippen LogP contribution is 2.69. The molecule has 2 spiro atoms. The second-order valence-corrected chi connectivity index (χ2v) is 8.17. The summed E-state index contributed by atoms with van der Waals surface area (Å²) in [7, 11) is 6.59. The number of hydrogen-bond acceptors (Lipinski definition) is 3. The Morgan fingerprint density at radius 1 is 0.850 bits per heavy atom. The molecular formula is C16H23BO3. The van der Waals surface area contributed by atoms with Gasteiger partial charge in [0.1, 0.15) is 0 Å². The van der Waals surface area contributed by atoms with Crippen molar-refractivity contribution < 1.29 is 14.5 Å². The SMILES string of the molecule is [B]C12CC3CC(C1)C1(OOC4(CCCCC4)O1)C(C3)C2. The molecule has 6 aliphatic rings. The van der Waals surface area contributed by atoms with Crippen LogP contribution in [0, 0.1) is 17.8 Å². The van der Waals surface area contributed by atoms with Crippen molar-refractivity contribution in [2.24, 2.45) is 17.8 Å². The summed E-state index contributed by atoms with van der Waals surface area (Å²) in [5.74, 6) is 0.783. The summed E-state index contributed by atoms with van der Waals surface area (Å²) in [6, 6.07) is 0. The lowest BCUT2D eigenvalue weighted by molar-refractivity contribution is -0.389. The fourth-order valence-corrected chi connectivity index (χ4v) is 6.03. The molecule has 0 amide bonds. The van der Waals surface area contributed by atoms with E-state index in [1.54, 1.807) is 0 Å². The molecule has 6 fully saturated rings. The van der Waals surface area contributed by atoms with E-state index < -0.39 is 11.6 Å². The van der Waals surface area contributed by atoms with E-state index in [4.69, 9.17) is 22.4 Å². The van der Waals surface area contributed by atoms with Gasteiger partial charge in [0.05, 0.1) is 7.85 Å². The lowest BCUT2D eigenvalue weighted by Crippen LogP contribution is -2.60. The van der Waals surface area contributed by atoms with E-state index in [9.17, 15) is 0 Å². The lowest BCUT2D eigenvalue weighted by Gasteiger charge is -2.61. The zero-order chi connectivity index (χ0) is 13.4. The molecule has 1 saturated heterocycles. The van der Waals surface area contributed by atoms with Crippen LogP contribution in [0.2, 0.25) is 5.31 Å². The van der Waals surface area contributed by atoms with Gasteiger partial charge in [-0.1, -0.05) is 18.2 Å². The van der Waals surface area contributed by atoms with Crippen LogP contribution in [0.25, 0.3) is 0 Å². The molecule has 2 unspecified atom stereocenters. The van der Waals surface area contributed by atoms with Crippen LogP contribution < -0.4 is 0 Å². The van der Waals surface area contributed by atoms with E-state index in [-0.39, 0.29) is 5.31 Å². The molecule has 0 aromatic rings. The van der Waals surface area contributed by atoms with Gasteiger partial charge < -0.3 is 4.74 Å². The van der Waals surface area contributed by atoms with E-state index in [1.807, 2.05) is 0 Å². The lowest BCUT2D eigenvalue weighted by atomic mass is 9.41. The first-order valence-corrected chi connectivity index (χ1v) is 8.47. The summed E-state index contributed by atoms with van der Waals surface area (Å²) in [5.41, 5.74) is 0. The quantitative estimate of drug-likeness (QED) is 0.500. The summed E-state index contributed by atoms with van der Waals surface area (Å²) in [6.07, 6.45) is 11.4. The molecule has 20 heavy (non-hydrogen) atoms. The van der Waals surface area contributed by atoms with Gasteiger partial charge in [0.2, 0.25) is 11.6 Å². The van der Waals surface area contributed by atoms with Crippen LogP contribution in [0.1, 0.15) is 64.2 Å². The summed E-state index contributed by atoms with van der Waals surface area (Å²) in [6.45, 7) is 0. The molecule has 0 aromatic heterocycles. The van der Waals surface area contributed by atoms with Crippen LogP contribution in [0.5, 0.6) is 0 Å². The third-order valence-electron chi connectivity index (χ3n) is 6.66. The van der Waals surface area contributed by atoms with Crippen molar-refractivity contribution >= 4 is 7.85 Å². The molecule has 5 saturated carbocycles. The van der Waals surface area contributed by atoms with E-state index in [0.29, 0.717) is 11.8 Å². The number of hydrogen-bond donors (Lipinski definition) is 0. The summed E-state index contributed by atoms with van der Waals surface area (Å²) in [5, 5.41) is 0.0524. The Kier molecular flexibility index (Phi) is 2.39. The highest BCUT2D eigenvalue weighted by Gasteiger charge is 2.68.